The summed E-state index contributed by atoms with van der Waals surface area (Å²) in [5, 5.41) is 3.71. The van der Waals surface area contributed by atoms with Crippen molar-refractivity contribution in [2.75, 3.05) is 13.7 Å². The minimum atomic E-state index is 0.187. The number of methoxy groups -OCH3 is 1. The minimum Gasteiger partial charge on any atom is -0.493 e. The zero-order valence-electron chi connectivity index (χ0n) is 11.4. The molecule has 7 heteroatoms. The van der Waals surface area contributed by atoms with Crippen LogP contribution in [0.2, 0.25) is 0 Å². The van der Waals surface area contributed by atoms with Crippen molar-refractivity contribution in [2.45, 2.75) is 20.0 Å². The zero-order valence-corrected chi connectivity index (χ0v) is 12.9. The summed E-state index contributed by atoms with van der Waals surface area (Å²) in [4.78, 5) is 4.08. The topological polar surface area (TPSA) is 83.4 Å². The number of aromatic nitrogens is 2. The first kappa shape index (κ1) is 14.8. The van der Waals surface area contributed by atoms with Gasteiger partial charge in [0, 0.05) is 0 Å². The van der Waals surface area contributed by atoms with Gasteiger partial charge in [-0.2, -0.15) is 4.98 Å². The molecule has 6 nitrogen and oxygen atoms in total. The second-order valence-electron chi connectivity index (χ2n) is 4.17. The lowest BCUT2D eigenvalue weighted by atomic mass is 10.1. The van der Waals surface area contributed by atoms with Gasteiger partial charge in [0.15, 0.2) is 23.9 Å². The van der Waals surface area contributed by atoms with E-state index in [2.05, 4.69) is 26.1 Å². The van der Waals surface area contributed by atoms with Crippen molar-refractivity contribution in [3.05, 3.63) is 33.9 Å². The molecular weight excluding hydrogens is 326 g/mol. The molecule has 0 saturated heterocycles. The molecule has 0 saturated carbocycles. The number of benzene rings is 1. The Bertz CT molecular complexity index is 586. The van der Waals surface area contributed by atoms with Gasteiger partial charge in [-0.05, 0) is 53.5 Å². The summed E-state index contributed by atoms with van der Waals surface area (Å²) in [6, 6.07) is 3.87. The predicted molar refractivity (Wildman–Crippen MR) is 76.8 cm³/mol. The largest absolute Gasteiger partial charge is 0.493 e. The number of hydrogen-bond donors (Lipinski definition) is 1. The number of ether oxygens (including phenoxy) is 2. The summed E-state index contributed by atoms with van der Waals surface area (Å²) in [6.07, 6.45) is 0.776. The third-order valence-corrected chi connectivity index (χ3v) is 3.22. The molecule has 1 aromatic heterocycles. The highest BCUT2D eigenvalue weighted by Crippen LogP contribution is 2.37. The Morgan fingerprint density at radius 2 is 2.20 bits per heavy atom. The first-order valence-corrected chi connectivity index (χ1v) is 6.91. The molecule has 0 aliphatic rings. The van der Waals surface area contributed by atoms with Crippen LogP contribution >= 0.6 is 15.9 Å². The van der Waals surface area contributed by atoms with Crippen molar-refractivity contribution >= 4 is 15.9 Å². The van der Waals surface area contributed by atoms with Crippen LogP contribution in [0.1, 0.15) is 17.3 Å². The van der Waals surface area contributed by atoms with Crippen molar-refractivity contribution in [1.29, 1.82) is 0 Å². The molecule has 0 unspecified atom stereocenters. The molecule has 2 rings (SSSR count). The maximum absolute atomic E-state index is 5.69. The number of halogens is 1. The Morgan fingerprint density at radius 3 is 2.80 bits per heavy atom. The van der Waals surface area contributed by atoms with Gasteiger partial charge < -0.3 is 19.7 Å². The summed E-state index contributed by atoms with van der Waals surface area (Å²) < 4.78 is 16.8. The van der Waals surface area contributed by atoms with Crippen LogP contribution in [0.4, 0.5) is 0 Å². The minimum absolute atomic E-state index is 0.187. The van der Waals surface area contributed by atoms with E-state index >= 15 is 0 Å². The lowest BCUT2D eigenvalue weighted by molar-refractivity contribution is 0.232. The average Bonchev–Trinajstić information content (AvgIpc) is 2.83. The molecule has 2 aromatic rings. The molecule has 108 valence electrons. The van der Waals surface area contributed by atoms with Crippen molar-refractivity contribution in [2.24, 2.45) is 5.73 Å². The smallest absolute Gasteiger partial charge is 0.264 e. The maximum Gasteiger partial charge on any atom is 0.264 e. The fourth-order valence-electron chi connectivity index (χ4n) is 1.76. The van der Waals surface area contributed by atoms with Crippen LogP contribution < -0.4 is 15.2 Å². The van der Waals surface area contributed by atoms with Gasteiger partial charge in [0.1, 0.15) is 0 Å². The van der Waals surface area contributed by atoms with E-state index in [9.17, 15) is 0 Å². The standard InChI is InChI=1S/C13H16BrN3O3/c1-8-16-12(20-17-8)7-19-13-10(14)5-9(3-4-15)6-11(13)18-2/h5-6H,3-4,7,15H2,1-2H3. The van der Waals surface area contributed by atoms with Crippen molar-refractivity contribution in [3.63, 3.8) is 0 Å². The van der Waals surface area contributed by atoms with Gasteiger partial charge in [-0.3, -0.25) is 0 Å². The molecule has 0 fully saturated rings. The molecular formula is C13H16BrN3O3. The van der Waals surface area contributed by atoms with Crippen LogP contribution in [0.5, 0.6) is 11.5 Å². The molecule has 0 atom stereocenters. The molecule has 0 bridgehead atoms. The Labute approximate surface area is 125 Å². The van der Waals surface area contributed by atoms with Gasteiger partial charge in [0.2, 0.25) is 0 Å². The van der Waals surface area contributed by atoms with Crippen LogP contribution in [0.3, 0.4) is 0 Å². The van der Waals surface area contributed by atoms with Crippen LogP contribution in [0, 0.1) is 6.92 Å². The molecule has 0 spiro atoms. The quantitative estimate of drug-likeness (QED) is 0.867. The van der Waals surface area contributed by atoms with E-state index in [1.165, 1.54) is 0 Å². The Morgan fingerprint density at radius 1 is 1.40 bits per heavy atom. The normalized spacial score (nSPS) is 10.6. The van der Waals surface area contributed by atoms with E-state index < -0.39 is 0 Å². The van der Waals surface area contributed by atoms with E-state index in [4.69, 9.17) is 19.7 Å². The third-order valence-electron chi connectivity index (χ3n) is 2.63. The van der Waals surface area contributed by atoms with Crippen molar-refractivity contribution < 1.29 is 14.0 Å². The monoisotopic (exact) mass is 341 g/mol. The molecule has 0 radical (unpaired) electrons. The third kappa shape index (κ3) is 3.49. The summed E-state index contributed by atoms with van der Waals surface area (Å²) in [7, 11) is 1.59. The summed E-state index contributed by atoms with van der Waals surface area (Å²) >= 11 is 3.48. The van der Waals surface area contributed by atoms with Crippen molar-refractivity contribution in [1.82, 2.24) is 10.1 Å². The molecule has 1 heterocycles. The van der Waals surface area contributed by atoms with Crippen LogP contribution in [-0.2, 0) is 13.0 Å². The lowest BCUT2D eigenvalue weighted by Gasteiger charge is -2.13. The summed E-state index contributed by atoms with van der Waals surface area (Å²) in [5.74, 6) is 2.23. The average molecular weight is 342 g/mol. The molecule has 0 aliphatic heterocycles. The maximum atomic E-state index is 5.69. The van der Waals surface area contributed by atoms with Crippen LogP contribution in [-0.4, -0.2) is 23.8 Å². The van der Waals surface area contributed by atoms with Crippen LogP contribution in [0.25, 0.3) is 0 Å². The van der Waals surface area contributed by atoms with E-state index in [1.54, 1.807) is 14.0 Å². The van der Waals surface area contributed by atoms with E-state index in [0.717, 1.165) is 16.5 Å². The van der Waals surface area contributed by atoms with E-state index in [1.807, 2.05) is 12.1 Å². The highest BCUT2D eigenvalue weighted by molar-refractivity contribution is 9.10. The molecule has 1 aromatic carbocycles. The summed E-state index contributed by atoms with van der Waals surface area (Å²) in [6.45, 7) is 2.52. The van der Waals surface area contributed by atoms with E-state index in [0.29, 0.717) is 29.8 Å². The first-order valence-electron chi connectivity index (χ1n) is 6.12. The van der Waals surface area contributed by atoms with Gasteiger partial charge in [0.25, 0.3) is 5.89 Å². The Kier molecular flexibility index (Phi) is 4.97. The fourth-order valence-corrected chi connectivity index (χ4v) is 2.36. The fraction of sp³-hybridized carbons (Fsp3) is 0.385. The number of hydrogen-bond acceptors (Lipinski definition) is 6. The SMILES string of the molecule is COc1cc(CCN)cc(Br)c1OCc1nc(C)no1. The number of nitrogens with zero attached hydrogens (tertiary/aromatic N) is 2. The van der Waals surface area contributed by atoms with Gasteiger partial charge >= 0.3 is 0 Å². The molecule has 20 heavy (non-hydrogen) atoms. The molecule has 2 N–H and O–H groups in total. The van der Waals surface area contributed by atoms with Gasteiger partial charge in [-0.15, -0.1) is 0 Å². The number of aryl methyl sites for hydroxylation is 1. The van der Waals surface area contributed by atoms with Gasteiger partial charge in [0.05, 0.1) is 11.6 Å². The van der Waals surface area contributed by atoms with Gasteiger partial charge in [-0.25, -0.2) is 0 Å². The highest BCUT2D eigenvalue weighted by atomic mass is 79.9. The van der Waals surface area contributed by atoms with Gasteiger partial charge in [-0.1, -0.05) is 5.16 Å². The first-order chi connectivity index (χ1) is 9.63. The molecule has 0 amide bonds. The lowest BCUT2D eigenvalue weighted by Crippen LogP contribution is -2.04. The highest BCUT2D eigenvalue weighted by Gasteiger charge is 2.13. The Balaban J connectivity index is 2.17. The zero-order chi connectivity index (χ0) is 14.5. The van der Waals surface area contributed by atoms with Crippen molar-refractivity contribution in [3.8, 4) is 11.5 Å². The summed E-state index contributed by atoms with van der Waals surface area (Å²) in [5.41, 5.74) is 6.64. The van der Waals surface area contributed by atoms with Crippen LogP contribution in [0.15, 0.2) is 21.1 Å². The number of rotatable bonds is 6. The predicted octanol–water partition coefficient (Wildman–Crippen LogP) is 2.23. The Hall–Kier alpha value is -1.60. The molecule has 0 aliphatic carbocycles. The van der Waals surface area contributed by atoms with E-state index in [-0.39, 0.29) is 6.61 Å². The number of nitrogens with two attached hydrogens (primary N) is 1. The second-order valence-corrected chi connectivity index (χ2v) is 5.03. The second kappa shape index (κ2) is 6.71.